The Labute approximate surface area is 133 Å². The molecule has 0 aliphatic rings. The van der Waals surface area contributed by atoms with Gasteiger partial charge in [-0.05, 0) is 26.0 Å². The Morgan fingerprint density at radius 3 is 2.70 bits per heavy atom. The fourth-order valence-electron chi connectivity index (χ4n) is 2.16. The largest absolute Gasteiger partial charge is 0.355 e. The van der Waals surface area contributed by atoms with Crippen LogP contribution < -0.4 is 10.9 Å². The summed E-state index contributed by atoms with van der Waals surface area (Å²) in [7, 11) is 0. The minimum absolute atomic E-state index is 0.0427. The zero-order valence-corrected chi connectivity index (χ0v) is 13.2. The molecule has 1 heterocycles. The van der Waals surface area contributed by atoms with Crippen LogP contribution in [0, 0.1) is 0 Å². The summed E-state index contributed by atoms with van der Waals surface area (Å²) >= 11 is 0. The van der Waals surface area contributed by atoms with E-state index in [1.807, 2.05) is 0 Å². The first kappa shape index (κ1) is 16.6. The van der Waals surface area contributed by atoms with Gasteiger partial charge in [0.15, 0.2) is 0 Å². The topological polar surface area (TPSA) is 97.2 Å². The van der Waals surface area contributed by atoms with Crippen molar-refractivity contribution in [3.05, 3.63) is 34.6 Å². The quantitative estimate of drug-likeness (QED) is 0.794. The highest BCUT2D eigenvalue weighted by molar-refractivity contribution is 5.84. The number of nitrogens with one attached hydrogen (secondary N) is 1. The number of fused-ring (bicyclic) bond motifs is 1. The molecular weight excluding hydrogens is 298 g/mol. The molecule has 0 atom stereocenters. The zero-order chi connectivity index (χ0) is 16.8. The van der Waals surface area contributed by atoms with E-state index in [1.54, 1.807) is 38.1 Å². The minimum Gasteiger partial charge on any atom is -0.355 e. The van der Waals surface area contributed by atoms with Gasteiger partial charge in [-0.25, -0.2) is 4.68 Å². The van der Waals surface area contributed by atoms with Crippen molar-refractivity contribution in [3.63, 3.8) is 0 Å². The Morgan fingerprint density at radius 2 is 2.00 bits per heavy atom. The van der Waals surface area contributed by atoms with Crippen LogP contribution in [0.3, 0.4) is 0 Å². The van der Waals surface area contributed by atoms with Gasteiger partial charge in [0.05, 0.1) is 11.9 Å². The molecule has 23 heavy (non-hydrogen) atoms. The summed E-state index contributed by atoms with van der Waals surface area (Å²) < 4.78 is 1.02. The molecule has 122 valence electrons. The molecule has 0 radical (unpaired) electrons. The number of likely N-dealkylation sites (N-methyl/N-ethyl adjacent to an activating group) is 2. The lowest BCUT2D eigenvalue weighted by Crippen LogP contribution is -2.43. The standard InChI is InChI=1S/C15H19N5O3/c1-3-16-13(21)9-19(4-2)14(22)10-20-15(23)11-7-5-6-8-12(11)17-18-20/h5-8H,3-4,9-10H2,1-2H3,(H,16,21). The lowest BCUT2D eigenvalue weighted by molar-refractivity contribution is -0.136. The summed E-state index contributed by atoms with van der Waals surface area (Å²) in [6.45, 7) is 4.15. The van der Waals surface area contributed by atoms with Gasteiger partial charge in [0.1, 0.15) is 12.1 Å². The lowest BCUT2D eigenvalue weighted by atomic mass is 10.2. The zero-order valence-electron chi connectivity index (χ0n) is 13.2. The molecule has 0 saturated carbocycles. The summed E-state index contributed by atoms with van der Waals surface area (Å²) in [6, 6.07) is 6.81. The second-order valence-electron chi connectivity index (χ2n) is 4.93. The van der Waals surface area contributed by atoms with E-state index in [1.165, 1.54) is 4.90 Å². The van der Waals surface area contributed by atoms with Gasteiger partial charge in [0.25, 0.3) is 5.56 Å². The number of nitrogens with zero attached hydrogens (tertiary/aromatic N) is 4. The van der Waals surface area contributed by atoms with Crippen LogP contribution in [0.25, 0.3) is 10.9 Å². The van der Waals surface area contributed by atoms with Crippen LogP contribution in [-0.4, -0.2) is 51.3 Å². The molecule has 0 saturated heterocycles. The van der Waals surface area contributed by atoms with Crippen molar-refractivity contribution in [1.82, 2.24) is 25.2 Å². The SMILES string of the molecule is CCNC(=O)CN(CC)C(=O)Cn1nnc2ccccc2c1=O. The average Bonchev–Trinajstić information content (AvgIpc) is 2.55. The van der Waals surface area contributed by atoms with Gasteiger partial charge < -0.3 is 10.2 Å². The maximum Gasteiger partial charge on any atom is 0.278 e. The van der Waals surface area contributed by atoms with Crippen LogP contribution in [-0.2, 0) is 16.1 Å². The number of hydrogen-bond donors (Lipinski definition) is 1. The normalized spacial score (nSPS) is 10.5. The number of carbonyl (C=O) groups excluding carboxylic acids is 2. The first-order valence-corrected chi connectivity index (χ1v) is 7.43. The van der Waals surface area contributed by atoms with Gasteiger partial charge in [-0.15, -0.1) is 5.10 Å². The maximum atomic E-state index is 12.3. The number of amides is 2. The van der Waals surface area contributed by atoms with E-state index < -0.39 is 0 Å². The van der Waals surface area contributed by atoms with E-state index in [4.69, 9.17) is 0 Å². The average molecular weight is 317 g/mol. The summed E-state index contributed by atoms with van der Waals surface area (Å²) in [5.74, 6) is -0.593. The number of benzene rings is 1. The number of aromatic nitrogens is 3. The van der Waals surface area contributed by atoms with Crippen molar-refractivity contribution in [1.29, 1.82) is 0 Å². The van der Waals surface area contributed by atoms with Gasteiger partial charge in [-0.2, -0.15) is 0 Å². The van der Waals surface area contributed by atoms with Gasteiger partial charge in [-0.3, -0.25) is 14.4 Å². The van der Waals surface area contributed by atoms with Crippen LogP contribution >= 0.6 is 0 Å². The van der Waals surface area contributed by atoms with E-state index >= 15 is 0 Å². The van der Waals surface area contributed by atoms with E-state index in [0.29, 0.717) is 24.0 Å². The van der Waals surface area contributed by atoms with E-state index in [-0.39, 0.29) is 30.5 Å². The van der Waals surface area contributed by atoms with E-state index in [9.17, 15) is 14.4 Å². The summed E-state index contributed by atoms with van der Waals surface area (Å²) in [4.78, 5) is 37.6. The van der Waals surface area contributed by atoms with Crippen molar-refractivity contribution < 1.29 is 9.59 Å². The van der Waals surface area contributed by atoms with Gasteiger partial charge >= 0.3 is 0 Å². The Kier molecular flexibility index (Phi) is 5.40. The molecule has 0 aliphatic carbocycles. The number of rotatable bonds is 6. The summed E-state index contributed by atoms with van der Waals surface area (Å²) in [5, 5.41) is 10.8. The van der Waals surface area contributed by atoms with Crippen molar-refractivity contribution in [2.24, 2.45) is 0 Å². The van der Waals surface area contributed by atoms with Crippen LogP contribution in [0.1, 0.15) is 13.8 Å². The molecule has 1 N–H and O–H groups in total. The third-order valence-corrected chi connectivity index (χ3v) is 3.36. The van der Waals surface area contributed by atoms with Crippen molar-refractivity contribution in [2.45, 2.75) is 20.4 Å². The predicted molar refractivity (Wildman–Crippen MR) is 84.7 cm³/mol. The molecule has 1 aromatic heterocycles. The third kappa shape index (κ3) is 3.91. The number of hydrogen-bond acceptors (Lipinski definition) is 5. The highest BCUT2D eigenvalue weighted by Crippen LogP contribution is 2.03. The second-order valence-corrected chi connectivity index (χ2v) is 4.93. The maximum absolute atomic E-state index is 12.3. The van der Waals surface area contributed by atoms with Gasteiger partial charge in [0, 0.05) is 13.1 Å². The molecule has 2 amide bonds. The molecule has 0 fully saturated rings. The molecule has 0 unspecified atom stereocenters. The lowest BCUT2D eigenvalue weighted by Gasteiger charge is -2.20. The predicted octanol–water partition coefficient (Wildman–Crippen LogP) is -0.224. The summed E-state index contributed by atoms with van der Waals surface area (Å²) in [6.07, 6.45) is 0. The van der Waals surface area contributed by atoms with E-state index in [2.05, 4.69) is 15.6 Å². The molecular formula is C15H19N5O3. The fourth-order valence-corrected chi connectivity index (χ4v) is 2.16. The first-order valence-electron chi connectivity index (χ1n) is 7.43. The fraction of sp³-hybridized carbons (Fsp3) is 0.400. The highest BCUT2D eigenvalue weighted by Gasteiger charge is 2.17. The van der Waals surface area contributed by atoms with Gasteiger partial charge in [-0.1, -0.05) is 17.3 Å². The molecule has 0 bridgehead atoms. The van der Waals surface area contributed by atoms with Crippen molar-refractivity contribution >= 4 is 22.7 Å². The Morgan fingerprint density at radius 1 is 1.26 bits per heavy atom. The monoisotopic (exact) mass is 317 g/mol. The number of carbonyl (C=O) groups is 2. The Bertz CT molecular complexity index is 771. The van der Waals surface area contributed by atoms with Crippen LogP contribution in [0.4, 0.5) is 0 Å². The summed E-state index contributed by atoms with van der Waals surface area (Å²) in [5.41, 5.74) is 0.105. The molecule has 8 nitrogen and oxygen atoms in total. The van der Waals surface area contributed by atoms with Crippen LogP contribution in [0.2, 0.25) is 0 Å². The highest BCUT2D eigenvalue weighted by atomic mass is 16.2. The van der Waals surface area contributed by atoms with Crippen molar-refractivity contribution in [3.8, 4) is 0 Å². The Balaban J connectivity index is 2.17. The van der Waals surface area contributed by atoms with Crippen LogP contribution in [0.15, 0.2) is 29.1 Å². The second kappa shape index (κ2) is 7.48. The third-order valence-electron chi connectivity index (χ3n) is 3.36. The van der Waals surface area contributed by atoms with E-state index in [0.717, 1.165) is 4.68 Å². The van der Waals surface area contributed by atoms with Gasteiger partial charge in [0.2, 0.25) is 11.8 Å². The smallest absolute Gasteiger partial charge is 0.278 e. The van der Waals surface area contributed by atoms with Crippen molar-refractivity contribution in [2.75, 3.05) is 19.6 Å². The Hall–Kier alpha value is -2.77. The molecule has 0 spiro atoms. The molecule has 8 heteroatoms. The van der Waals surface area contributed by atoms with Crippen LogP contribution in [0.5, 0.6) is 0 Å². The first-order chi connectivity index (χ1) is 11.1. The minimum atomic E-state index is -0.377. The molecule has 2 rings (SSSR count). The molecule has 1 aromatic carbocycles. The molecule has 0 aliphatic heterocycles. The molecule has 2 aromatic rings.